The molecule has 5 nitrogen and oxygen atoms in total. The molecule has 1 aromatic carbocycles. The minimum atomic E-state index is -0.342. The zero-order chi connectivity index (χ0) is 12.6. The summed E-state index contributed by atoms with van der Waals surface area (Å²) < 4.78 is 0. The Bertz CT molecular complexity index is 506. The molecule has 1 aromatic rings. The number of nitrogens with one attached hydrogen (secondary N) is 1. The minimum absolute atomic E-state index is 0.0481. The van der Waals surface area contributed by atoms with Crippen molar-refractivity contribution in [3.8, 4) is 5.75 Å². The third-order valence-corrected chi connectivity index (χ3v) is 2.84. The fourth-order valence-electron chi connectivity index (χ4n) is 1.95. The molecule has 90 valence electrons. The van der Waals surface area contributed by atoms with Crippen molar-refractivity contribution in [3.63, 3.8) is 0 Å². The van der Waals surface area contributed by atoms with Gasteiger partial charge in [-0.3, -0.25) is 4.79 Å². The van der Waals surface area contributed by atoms with Crippen molar-refractivity contribution in [2.24, 2.45) is 10.5 Å². The number of nitrogens with zero attached hydrogens (tertiary/aromatic N) is 1. The molecule has 0 atom stereocenters. The first-order chi connectivity index (χ1) is 7.90. The van der Waals surface area contributed by atoms with Gasteiger partial charge in [0.25, 0.3) is 0 Å². The van der Waals surface area contributed by atoms with Crippen LogP contribution in [0.4, 0.5) is 5.69 Å². The van der Waals surface area contributed by atoms with Crippen LogP contribution in [0.15, 0.2) is 23.3 Å². The average molecular weight is 233 g/mol. The van der Waals surface area contributed by atoms with Gasteiger partial charge in [0.15, 0.2) is 0 Å². The second kappa shape index (κ2) is 3.76. The summed E-state index contributed by atoms with van der Waals surface area (Å²) >= 11 is 0. The van der Waals surface area contributed by atoms with Crippen LogP contribution in [0.2, 0.25) is 0 Å². The monoisotopic (exact) mass is 233 g/mol. The molecule has 0 unspecified atom stereocenters. The predicted molar refractivity (Wildman–Crippen MR) is 65.6 cm³/mol. The van der Waals surface area contributed by atoms with Gasteiger partial charge in [-0.1, -0.05) is 13.8 Å². The van der Waals surface area contributed by atoms with Crippen molar-refractivity contribution in [2.75, 3.05) is 5.73 Å². The van der Waals surface area contributed by atoms with Crippen molar-refractivity contribution in [1.82, 2.24) is 5.43 Å². The van der Waals surface area contributed by atoms with Gasteiger partial charge in [-0.2, -0.15) is 5.10 Å². The van der Waals surface area contributed by atoms with Crippen LogP contribution in [-0.4, -0.2) is 16.7 Å². The van der Waals surface area contributed by atoms with Crippen molar-refractivity contribution < 1.29 is 9.90 Å². The Morgan fingerprint density at radius 2 is 2.18 bits per heavy atom. The van der Waals surface area contributed by atoms with Crippen molar-refractivity contribution >= 4 is 17.3 Å². The molecule has 1 amide bonds. The highest BCUT2D eigenvalue weighted by molar-refractivity contribution is 6.08. The lowest BCUT2D eigenvalue weighted by molar-refractivity contribution is -0.122. The fourth-order valence-corrected chi connectivity index (χ4v) is 1.95. The maximum atomic E-state index is 11.3. The van der Waals surface area contributed by atoms with Crippen molar-refractivity contribution in [3.05, 3.63) is 23.8 Å². The molecular weight excluding hydrogens is 218 g/mol. The lowest BCUT2D eigenvalue weighted by atomic mass is 9.79. The van der Waals surface area contributed by atoms with E-state index in [-0.39, 0.29) is 17.1 Å². The van der Waals surface area contributed by atoms with Gasteiger partial charge in [-0.25, -0.2) is 5.43 Å². The van der Waals surface area contributed by atoms with Crippen LogP contribution in [-0.2, 0) is 4.79 Å². The van der Waals surface area contributed by atoms with Gasteiger partial charge >= 0.3 is 0 Å². The molecule has 0 fully saturated rings. The summed E-state index contributed by atoms with van der Waals surface area (Å²) in [5.41, 5.74) is 9.66. The summed E-state index contributed by atoms with van der Waals surface area (Å²) in [5, 5.41) is 13.5. The highest BCUT2D eigenvalue weighted by Crippen LogP contribution is 2.31. The number of anilines is 1. The Hall–Kier alpha value is -2.04. The summed E-state index contributed by atoms with van der Waals surface area (Å²) in [4.78, 5) is 11.3. The SMILES string of the molecule is CC1(C)CC(=O)NN=C1c1ccc(O)c(N)c1. The highest BCUT2D eigenvalue weighted by Gasteiger charge is 2.33. The van der Waals surface area contributed by atoms with E-state index in [1.165, 1.54) is 6.07 Å². The number of phenols is 1. The Balaban J connectivity index is 2.45. The molecule has 0 spiro atoms. The molecule has 0 saturated heterocycles. The van der Waals surface area contributed by atoms with E-state index in [0.717, 1.165) is 11.3 Å². The standard InChI is InChI=1S/C12H15N3O2/c1-12(2)6-10(17)14-15-11(12)7-3-4-9(16)8(13)5-7/h3-5,16H,6,13H2,1-2H3,(H,14,17). The normalized spacial score (nSPS) is 18.5. The molecule has 1 heterocycles. The number of carbonyl (C=O) groups is 1. The molecule has 5 heteroatoms. The fraction of sp³-hybridized carbons (Fsp3) is 0.333. The number of aromatic hydroxyl groups is 1. The summed E-state index contributed by atoms with van der Waals surface area (Å²) in [6.45, 7) is 3.90. The third-order valence-electron chi connectivity index (χ3n) is 2.84. The average Bonchev–Trinajstić information content (AvgIpc) is 2.21. The number of hydrogen-bond donors (Lipinski definition) is 3. The first-order valence-electron chi connectivity index (χ1n) is 5.36. The van der Waals surface area contributed by atoms with Gasteiger partial charge in [0.05, 0.1) is 11.4 Å². The molecule has 4 N–H and O–H groups in total. The number of hydrogen-bond acceptors (Lipinski definition) is 4. The lowest BCUT2D eigenvalue weighted by Gasteiger charge is -2.29. The summed E-state index contributed by atoms with van der Waals surface area (Å²) in [6.07, 6.45) is 0.382. The number of hydrazone groups is 1. The number of amides is 1. The molecular formula is C12H15N3O2. The molecule has 0 aromatic heterocycles. The molecule has 0 bridgehead atoms. The van der Waals surface area contributed by atoms with E-state index in [9.17, 15) is 9.90 Å². The molecule has 2 rings (SSSR count). The largest absolute Gasteiger partial charge is 0.506 e. The minimum Gasteiger partial charge on any atom is -0.506 e. The van der Waals surface area contributed by atoms with E-state index in [1.807, 2.05) is 13.8 Å². The first kappa shape index (κ1) is 11.4. The summed E-state index contributed by atoms with van der Waals surface area (Å²) in [7, 11) is 0. The number of nitrogen functional groups attached to an aromatic ring is 1. The highest BCUT2D eigenvalue weighted by atomic mass is 16.3. The topological polar surface area (TPSA) is 87.7 Å². The maximum Gasteiger partial charge on any atom is 0.241 e. The van der Waals surface area contributed by atoms with Crippen LogP contribution in [0.25, 0.3) is 0 Å². The molecule has 1 aliphatic heterocycles. The van der Waals surface area contributed by atoms with Crippen LogP contribution < -0.4 is 11.2 Å². The molecule has 0 aliphatic carbocycles. The number of benzene rings is 1. The van der Waals surface area contributed by atoms with Crippen molar-refractivity contribution in [1.29, 1.82) is 0 Å². The second-order valence-electron chi connectivity index (χ2n) is 4.83. The second-order valence-corrected chi connectivity index (χ2v) is 4.83. The quantitative estimate of drug-likeness (QED) is 0.503. The van der Waals surface area contributed by atoms with E-state index in [4.69, 9.17) is 5.73 Å². The predicted octanol–water partition coefficient (Wildman–Crippen LogP) is 1.22. The van der Waals surface area contributed by atoms with Gasteiger partial charge in [0.2, 0.25) is 5.91 Å². The molecule has 17 heavy (non-hydrogen) atoms. The Morgan fingerprint density at radius 3 is 2.76 bits per heavy atom. The third kappa shape index (κ3) is 2.08. The number of carbonyl (C=O) groups excluding carboxylic acids is 1. The van der Waals surface area contributed by atoms with Gasteiger partial charge in [0.1, 0.15) is 5.75 Å². The zero-order valence-electron chi connectivity index (χ0n) is 9.82. The van der Waals surface area contributed by atoms with E-state index < -0.39 is 0 Å². The van der Waals surface area contributed by atoms with Crippen LogP contribution >= 0.6 is 0 Å². The van der Waals surface area contributed by atoms with Gasteiger partial charge in [-0.15, -0.1) is 0 Å². The van der Waals surface area contributed by atoms with Crippen LogP contribution in [0.3, 0.4) is 0 Å². The summed E-state index contributed by atoms with van der Waals surface area (Å²) in [5.74, 6) is -0.0440. The van der Waals surface area contributed by atoms with Gasteiger partial charge in [0, 0.05) is 17.4 Å². The number of phenolic OH excluding ortho intramolecular Hbond substituents is 1. The van der Waals surface area contributed by atoms with Gasteiger partial charge in [-0.05, 0) is 18.2 Å². The van der Waals surface area contributed by atoms with E-state index in [2.05, 4.69) is 10.5 Å². The van der Waals surface area contributed by atoms with Crippen LogP contribution in [0, 0.1) is 5.41 Å². The van der Waals surface area contributed by atoms with Crippen LogP contribution in [0.5, 0.6) is 5.75 Å². The summed E-state index contributed by atoms with van der Waals surface area (Å²) in [6, 6.07) is 4.93. The van der Waals surface area contributed by atoms with E-state index in [0.29, 0.717) is 12.1 Å². The maximum absolute atomic E-state index is 11.3. The van der Waals surface area contributed by atoms with Crippen LogP contribution in [0.1, 0.15) is 25.8 Å². The number of nitrogens with two attached hydrogens (primary N) is 1. The molecule has 1 aliphatic rings. The smallest absolute Gasteiger partial charge is 0.241 e. The van der Waals surface area contributed by atoms with Crippen molar-refractivity contribution in [2.45, 2.75) is 20.3 Å². The number of rotatable bonds is 1. The Labute approximate surface area is 99.3 Å². The van der Waals surface area contributed by atoms with E-state index in [1.54, 1.807) is 12.1 Å². The molecule has 0 saturated carbocycles. The first-order valence-corrected chi connectivity index (χ1v) is 5.36. The Kier molecular flexibility index (Phi) is 2.53. The van der Waals surface area contributed by atoms with Gasteiger partial charge < -0.3 is 10.8 Å². The lowest BCUT2D eigenvalue weighted by Crippen LogP contribution is -2.39. The molecule has 0 radical (unpaired) electrons. The Morgan fingerprint density at radius 1 is 1.47 bits per heavy atom. The van der Waals surface area contributed by atoms with E-state index >= 15 is 0 Å². The zero-order valence-corrected chi connectivity index (χ0v) is 9.82.